The van der Waals surface area contributed by atoms with Crippen molar-refractivity contribution < 1.29 is 14.3 Å². The van der Waals surface area contributed by atoms with Gasteiger partial charge in [0.05, 0.1) is 25.6 Å². The number of nitrogens with zero attached hydrogens (tertiary/aromatic N) is 2. The molecule has 6 heteroatoms. The number of carbonyl (C=O) groups is 1. The molecule has 0 fully saturated rings. The van der Waals surface area contributed by atoms with Crippen molar-refractivity contribution in [1.29, 1.82) is 0 Å². The first-order valence-corrected chi connectivity index (χ1v) is 8.03. The molecule has 26 heavy (non-hydrogen) atoms. The lowest BCUT2D eigenvalue weighted by Crippen LogP contribution is -2.24. The third-order valence-corrected chi connectivity index (χ3v) is 4.10. The summed E-state index contributed by atoms with van der Waals surface area (Å²) in [5.74, 6) is 0.000560. The maximum atomic E-state index is 12.2. The van der Waals surface area contributed by atoms with Crippen molar-refractivity contribution in [3.05, 3.63) is 72.2 Å². The van der Waals surface area contributed by atoms with E-state index in [0.717, 1.165) is 5.56 Å². The molecule has 0 bridgehead atoms. The number of carbonyl (C=O) groups excluding carboxylic acids is 1. The average molecular weight is 349 g/mol. The number of benzene rings is 2. The van der Waals surface area contributed by atoms with Gasteiger partial charge in [0.25, 0.3) is 0 Å². The van der Waals surface area contributed by atoms with E-state index in [2.05, 4.69) is 9.97 Å². The van der Waals surface area contributed by atoms with Crippen LogP contribution in [-0.2, 0) is 4.79 Å². The molecule has 0 saturated carbocycles. The fourth-order valence-corrected chi connectivity index (χ4v) is 2.90. The Labute approximate surface area is 151 Å². The number of rotatable bonds is 6. The molecule has 0 aliphatic carbocycles. The molecule has 2 aromatic carbocycles. The Hall–Kier alpha value is -3.41. The topological polar surface area (TPSA) is 87.3 Å². The summed E-state index contributed by atoms with van der Waals surface area (Å²) in [5, 5.41) is 0. The second-order valence-corrected chi connectivity index (χ2v) is 5.61. The molecule has 1 heterocycles. The number of methoxy groups -OCH3 is 2. The summed E-state index contributed by atoms with van der Waals surface area (Å²) in [6, 6.07) is 16.5. The van der Waals surface area contributed by atoms with E-state index >= 15 is 0 Å². The Morgan fingerprint density at radius 2 is 1.62 bits per heavy atom. The van der Waals surface area contributed by atoms with Crippen LogP contribution in [0.1, 0.15) is 17.2 Å². The van der Waals surface area contributed by atoms with Crippen molar-refractivity contribution in [1.82, 2.24) is 9.97 Å². The van der Waals surface area contributed by atoms with Gasteiger partial charge < -0.3 is 15.2 Å². The van der Waals surface area contributed by atoms with Crippen LogP contribution in [0.5, 0.6) is 11.5 Å². The Bertz CT molecular complexity index is 927. The van der Waals surface area contributed by atoms with Gasteiger partial charge in [-0.3, -0.25) is 4.79 Å². The van der Waals surface area contributed by atoms with E-state index in [0.29, 0.717) is 28.5 Å². The molecule has 2 N–H and O–H groups in total. The Balaban J connectivity index is 2.11. The standard InChI is InChI=1S/C20H19N3O3/c1-25-17-9-5-3-7-13(17)15-11-16(23-12-22-15)19(20(21)24)14-8-4-6-10-18(14)26-2/h3-12,19H,1-2H3,(H2,21,24). The van der Waals surface area contributed by atoms with Crippen molar-refractivity contribution in [2.75, 3.05) is 14.2 Å². The van der Waals surface area contributed by atoms with Crippen molar-refractivity contribution >= 4 is 5.91 Å². The molecule has 0 spiro atoms. The number of primary amides is 1. The highest BCUT2D eigenvalue weighted by atomic mass is 16.5. The summed E-state index contributed by atoms with van der Waals surface area (Å²) in [4.78, 5) is 20.8. The van der Waals surface area contributed by atoms with Gasteiger partial charge in [-0.25, -0.2) is 9.97 Å². The third kappa shape index (κ3) is 3.35. The van der Waals surface area contributed by atoms with Crippen LogP contribution in [0, 0.1) is 0 Å². The predicted molar refractivity (Wildman–Crippen MR) is 98.1 cm³/mol. The lowest BCUT2D eigenvalue weighted by atomic mass is 9.93. The molecule has 0 saturated heterocycles. The minimum atomic E-state index is -0.748. The maximum Gasteiger partial charge on any atom is 0.231 e. The zero-order chi connectivity index (χ0) is 18.5. The highest BCUT2D eigenvalue weighted by Gasteiger charge is 2.25. The summed E-state index contributed by atoms with van der Waals surface area (Å²) in [6.07, 6.45) is 1.42. The van der Waals surface area contributed by atoms with Gasteiger partial charge in [0.1, 0.15) is 23.7 Å². The molecule has 1 unspecified atom stereocenters. The zero-order valence-electron chi connectivity index (χ0n) is 14.5. The maximum absolute atomic E-state index is 12.2. The van der Waals surface area contributed by atoms with Gasteiger partial charge in [0.15, 0.2) is 0 Å². The van der Waals surface area contributed by atoms with Gasteiger partial charge in [-0.15, -0.1) is 0 Å². The molecule has 0 radical (unpaired) electrons. The Kier molecular flexibility index (Phi) is 5.12. The van der Waals surface area contributed by atoms with Crippen LogP contribution >= 0.6 is 0 Å². The minimum absolute atomic E-state index is 0.498. The average Bonchev–Trinajstić information content (AvgIpc) is 2.68. The highest BCUT2D eigenvalue weighted by Crippen LogP contribution is 2.33. The molecule has 0 aliphatic heterocycles. The summed E-state index contributed by atoms with van der Waals surface area (Å²) < 4.78 is 10.8. The Morgan fingerprint density at radius 3 is 2.31 bits per heavy atom. The van der Waals surface area contributed by atoms with E-state index in [1.165, 1.54) is 6.33 Å². The normalized spacial score (nSPS) is 11.6. The molecule has 3 rings (SSSR count). The summed E-state index contributed by atoms with van der Waals surface area (Å²) in [6.45, 7) is 0. The number of ether oxygens (including phenoxy) is 2. The number of para-hydroxylation sites is 2. The molecular formula is C20H19N3O3. The summed E-state index contributed by atoms with van der Waals surface area (Å²) >= 11 is 0. The van der Waals surface area contributed by atoms with Gasteiger partial charge in [0, 0.05) is 11.1 Å². The molecule has 3 aromatic rings. The van der Waals surface area contributed by atoms with Crippen molar-refractivity contribution in [2.24, 2.45) is 5.73 Å². The van der Waals surface area contributed by atoms with E-state index in [1.807, 2.05) is 36.4 Å². The Morgan fingerprint density at radius 1 is 0.962 bits per heavy atom. The second-order valence-electron chi connectivity index (χ2n) is 5.61. The van der Waals surface area contributed by atoms with Gasteiger partial charge in [-0.05, 0) is 24.3 Å². The smallest absolute Gasteiger partial charge is 0.231 e. The lowest BCUT2D eigenvalue weighted by molar-refractivity contribution is -0.118. The quantitative estimate of drug-likeness (QED) is 0.739. The zero-order valence-corrected chi connectivity index (χ0v) is 14.5. The molecule has 0 aliphatic rings. The largest absolute Gasteiger partial charge is 0.496 e. The van der Waals surface area contributed by atoms with Crippen LogP contribution in [0.25, 0.3) is 11.3 Å². The fourth-order valence-electron chi connectivity index (χ4n) is 2.90. The molecular weight excluding hydrogens is 330 g/mol. The molecule has 132 valence electrons. The first-order valence-electron chi connectivity index (χ1n) is 8.03. The minimum Gasteiger partial charge on any atom is -0.496 e. The second kappa shape index (κ2) is 7.65. The first-order chi connectivity index (χ1) is 12.7. The number of amides is 1. The van der Waals surface area contributed by atoms with Gasteiger partial charge in [0.2, 0.25) is 5.91 Å². The third-order valence-electron chi connectivity index (χ3n) is 4.10. The van der Waals surface area contributed by atoms with Crippen molar-refractivity contribution in [3.63, 3.8) is 0 Å². The molecule has 1 atom stereocenters. The van der Waals surface area contributed by atoms with E-state index in [1.54, 1.807) is 32.4 Å². The monoisotopic (exact) mass is 349 g/mol. The van der Waals surface area contributed by atoms with Crippen molar-refractivity contribution in [2.45, 2.75) is 5.92 Å². The van der Waals surface area contributed by atoms with Gasteiger partial charge in [-0.2, -0.15) is 0 Å². The lowest BCUT2D eigenvalue weighted by Gasteiger charge is -2.17. The van der Waals surface area contributed by atoms with Crippen LogP contribution in [0.4, 0.5) is 0 Å². The predicted octanol–water partition coefficient (Wildman–Crippen LogP) is 2.78. The van der Waals surface area contributed by atoms with Crippen LogP contribution in [0.3, 0.4) is 0 Å². The van der Waals surface area contributed by atoms with Crippen LogP contribution in [0.15, 0.2) is 60.9 Å². The molecule has 6 nitrogen and oxygen atoms in total. The SMILES string of the molecule is COc1ccccc1-c1cc(C(C(N)=O)c2ccccc2OC)ncn1. The van der Waals surface area contributed by atoms with E-state index in [-0.39, 0.29) is 0 Å². The number of hydrogen-bond donors (Lipinski definition) is 1. The van der Waals surface area contributed by atoms with Gasteiger partial charge >= 0.3 is 0 Å². The van der Waals surface area contributed by atoms with E-state index in [4.69, 9.17) is 15.2 Å². The van der Waals surface area contributed by atoms with E-state index in [9.17, 15) is 4.79 Å². The van der Waals surface area contributed by atoms with Crippen molar-refractivity contribution in [3.8, 4) is 22.8 Å². The number of aromatic nitrogens is 2. The summed E-state index contributed by atoms with van der Waals surface area (Å²) in [7, 11) is 3.15. The fraction of sp³-hybridized carbons (Fsp3) is 0.150. The number of nitrogens with two attached hydrogens (primary N) is 1. The highest BCUT2D eigenvalue weighted by molar-refractivity contribution is 5.86. The summed E-state index contributed by atoms with van der Waals surface area (Å²) in [5.41, 5.74) is 8.30. The van der Waals surface area contributed by atoms with E-state index < -0.39 is 11.8 Å². The first kappa shape index (κ1) is 17.4. The van der Waals surface area contributed by atoms with Crippen LogP contribution < -0.4 is 15.2 Å². The van der Waals surface area contributed by atoms with Crippen LogP contribution in [0.2, 0.25) is 0 Å². The number of hydrogen-bond acceptors (Lipinski definition) is 5. The van der Waals surface area contributed by atoms with Crippen LogP contribution in [-0.4, -0.2) is 30.1 Å². The molecule has 1 aromatic heterocycles. The van der Waals surface area contributed by atoms with Gasteiger partial charge in [-0.1, -0.05) is 30.3 Å². The molecule has 1 amide bonds.